The number of rotatable bonds is 2. The van der Waals surface area contributed by atoms with Gasteiger partial charge in [-0.3, -0.25) is 4.79 Å². The monoisotopic (exact) mass is 218 g/mol. The van der Waals surface area contributed by atoms with Crippen LogP contribution in [0.5, 0.6) is 0 Å². The Morgan fingerprint density at radius 2 is 2.31 bits per heavy atom. The first-order valence-electron chi connectivity index (χ1n) is 5.86. The third kappa shape index (κ3) is 1.84. The Hall–Kier alpha value is -1.31. The van der Waals surface area contributed by atoms with Gasteiger partial charge in [0.05, 0.1) is 0 Å². The summed E-state index contributed by atoms with van der Waals surface area (Å²) in [4.78, 5) is 11.3. The van der Waals surface area contributed by atoms with Crippen LogP contribution in [0.1, 0.15) is 26.2 Å². The lowest BCUT2D eigenvalue weighted by Crippen LogP contribution is -2.32. The highest BCUT2D eigenvalue weighted by Gasteiger charge is 2.37. The van der Waals surface area contributed by atoms with Gasteiger partial charge in [0.2, 0.25) is 0 Å². The summed E-state index contributed by atoms with van der Waals surface area (Å²) in [5.41, 5.74) is 2.23. The van der Waals surface area contributed by atoms with Crippen LogP contribution in [0.3, 0.4) is 0 Å². The van der Waals surface area contributed by atoms with E-state index in [1.807, 2.05) is 6.92 Å². The molecule has 2 heteroatoms. The second-order valence-electron chi connectivity index (χ2n) is 4.57. The number of allylic oxidation sites excluding steroid dienone is 2. The Balaban J connectivity index is 2.09. The first kappa shape index (κ1) is 11.2. The van der Waals surface area contributed by atoms with E-state index in [-0.39, 0.29) is 12.1 Å². The quantitative estimate of drug-likeness (QED) is 0.526. The number of fused-ring (bicyclic) bond motifs is 1. The van der Waals surface area contributed by atoms with Crippen LogP contribution >= 0.6 is 0 Å². The summed E-state index contributed by atoms with van der Waals surface area (Å²) in [7, 11) is 0. The van der Waals surface area contributed by atoms with E-state index in [2.05, 4.69) is 25.3 Å². The SMILES string of the molecule is C=C1CC(OC(=O)CC)C(=C)C2CC=CC12. The summed E-state index contributed by atoms with van der Waals surface area (Å²) in [5, 5.41) is 0. The molecule has 0 aromatic heterocycles. The number of hydrogen-bond acceptors (Lipinski definition) is 2. The molecule has 3 atom stereocenters. The third-order valence-corrected chi connectivity index (χ3v) is 3.54. The number of ether oxygens (including phenoxy) is 1. The summed E-state index contributed by atoms with van der Waals surface area (Å²) in [6.45, 7) is 10.0. The van der Waals surface area contributed by atoms with Crippen LogP contribution in [-0.4, -0.2) is 12.1 Å². The average Bonchev–Trinajstić information content (AvgIpc) is 2.74. The van der Waals surface area contributed by atoms with Gasteiger partial charge in [-0.15, -0.1) is 0 Å². The average molecular weight is 218 g/mol. The van der Waals surface area contributed by atoms with E-state index in [9.17, 15) is 4.79 Å². The molecule has 2 rings (SSSR count). The summed E-state index contributed by atoms with van der Waals surface area (Å²) in [6.07, 6.45) is 6.38. The van der Waals surface area contributed by atoms with Gasteiger partial charge in [-0.05, 0) is 17.9 Å². The lowest BCUT2D eigenvalue weighted by molar-refractivity contribution is -0.147. The Bertz CT molecular complexity index is 365. The number of esters is 1. The molecule has 2 aliphatic rings. The van der Waals surface area contributed by atoms with Crippen LogP contribution in [0.2, 0.25) is 0 Å². The van der Waals surface area contributed by atoms with Crippen LogP contribution in [-0.2, 0) is 9.53 Å². The summed E-state index contributed by atoms with van der Waals surface area (Å²) < 4.78 is 5.40. The van der Waals surface area contributed by atoms with Crippen molar-refractivity contribution in [3.63, 3.8) is 0 Å². The lowest BCUT2D eigenvalue weighted by atomic mass is 9.74. The molecular formula is C14H18O2. The van der Waals surface area contributed by atoms with E-state index in [1.54, 1.807) is 0 Å². The van der Waals surface area contributed by atoms with Crippen molar-refractivity contribution in [2.45, 2.75) is 32.3 Å². The predicted octanol–water partition coefficient (Wildman–Crippen LogP) is 3.02. The highest BCUT2D eigenvalue weighted by molar-refractivity contribution is 5.69. The van der Waals surface area contributed by atoms with Crippen LogP contribution in [0.15, 0.2) is 36.5 Å². The standard InChI is InChI=1S/C14H18O2/c1-4-14(15)16-13-8-9(2)11-6-5-7-12(11)10(13)3/h5-6,11-13H,2-4,7-8H2,1H3. The maximum absolute atomic E-state index is 11.3. The van der Waals surface area contributed by atoms with Crippen molar-refractivity contribution in [1.29, 1.82) is 0 Å². The predicted molar refractivity (Wildman–Crippen MR) is 63.8 cm³/mol. The Labute approximate surface area is 96.7 Å². The van der Waals surface area contributed by atoms with Gasteiger partial charge >= 0.3 is 5.97 Å². The fourth-order valence-corrected chi connectivity index (χ4v) is 2.56. The van der Waals surface area contributed by atoms with E-state index in [1.165, 1.54) is 5.57 Å². The first-order valence-corrected chi connectivity index (χ1v) is 5.86. The van der Waals surface area contributed by atoms with Gasteiger partial charge in [-0.25, -0.2) is 0 Å². The second kappa shape index (κ2) is 4.28. The largest absolute Gasteiger partial charge is 0.457 e. The van der Waals surface area contributed by atoms with Crippen molar-refractivity contribution in [2.75, 3.05) is 0 Å². The summed E-state index contributed by atoms with van der Waals surface area (Å²) >= 11 is 0. The van der Waals surface area contributed by atoms with E-state index in [0.717, 1.165) is 18.4 Å². The Morgan fingerprint density at radius 1 is 1.56 bits per heavy atom. The maximum Gasteiger partial charge on any atom is 0.306 e. The van der Waals surface area contributed by atoms with Crippen LogP contribution < -0.4 is 0 Å². The van der Waals surface area contributed by atoms with E-state index >= 15 is 0 Å². The first-order chi connectivity index (χ1) is 7.63. The minimum atomic E-state index is -0.152. The molecule has 0 aromatic carbocycles. The fourth-order valence-electron chi connectivity index (χ4n) is 2.56. The normalized spacial score (nSPS) is 32.7. The lowest BCUT2D eigenvalue weighted by Gasteiger charge is -2.35. The van der Waals surface area contributed by atoms with E-state index < -0.39 is 0 Å². The zero-order chi connectivity index (χ0) is 11.7. The Kier molecular flexibility index (Phi) is 2.99. The molecule has 2 nitrogen and oxygen atoms in total. The molecule has 0 heterocycles. The molecule has 0 aromatic rings. The van der Waals surface area contributed by atoms with Gasteiger partial charge in [0, 0.05) is 18.8 Å². The highest BCUT2D eigenvalue weighted by atomic mass is 16.5. The molecule has 0 bridgehead atoms. The highest BCUT2D eigenvalue weighted by Crippen LogP contribution is 2.44. The van der Waals surface area contributed by atoms with Crippen molar-refractivity contribution in [1.82, 2.24) is 0 Å². The van der Waals surface area contributed by atoms with Gasteiger partial charge in [0.15, 0.2) is 0 Å². The molecule has 2 aliphatic carbocycles. The van der Waals surface area contributed by atoms with Gasteiger partial charge in [-0.2, -0.15) is 0 Å². The molecule has 0 saturated heterocycles. The van der Waals surface area contributed by atoms with Crippen LogP contribution in [0, 0.1) is 11.8 Å². The number of carbonyl (C=O) groups is 1. The van der Waals surface area contributed by atoms with Gasteiger partial charge in [0.25, 0.3) is 0 Å². The molecule has 86 valence electrons. The summed E-state index contributed by atoms with van der Waals surface area (Å²) in [6, 6.07) is 0. The van der Waals surface area contributed by atoms with Gasteiger partial charge in [0.1, 0.15) is 6.10 Å². The molecule has 0 amide bonds. The molecule has 0 aliphatic heterocycles. The molecule has 3 unspecified atom stereocenters. The van der Waals surface area contributed by atoms with E-state index in [4.69, 9.17) is 4.74 Å². The minimum absolute atomic E-state index is 0.150. The van der Waals surface area contributed by atoms with E-state index in [0.29, 0.717) is 18.3 Å². The number of carbonyl (C=O) groups excluding carboxylic acids is 1. The molecule has 16 heavy (non-hydrogen) atoms. The van der Waals surface area contributed by atoms with Gasteiger partial charge < -0.3 is 4.74 Å². The second-order valence-corrected chi connectivity index (χ2v) is 4.57. The topological polar surface area (TPSA) is 26.3 Å². The van der Waals surface area contributed by atoms with Crippen molar-refractivity contribution in [2.24, 2.45) is 11.8 Å². The van der Waals surface area contributed by atoms with Crippen LogP contribution in [0.25, 0.3) is 0 Å². The fraction of sp³-hybridized carbons (Fsp3) is 0.500. The molecule has 0 spiro atoms. The zero-order valence-electron chi connectivity index (χ0n) is 9.74. The Morgan fingerprint density at radius 3 is 3.00 bits per heavy atom. The number of hydrogen-bond donors (Lipinski definition) is 0. The van der Waals surface area contributed by atoms with Gasteiger partial charge in [-0.1, -0.05) is 37.8 Å². The molecule has 0 radical (unpaired) electrons. The molecular weight excluding hydrogens is 200 g/mol. The molecule has 1 saturated carbocycles. The smallest absolute Gasteiger partial charge is 0.306 e. The van der Waals surface area contributed by atoms with Crippen molar-refractivity contribution >= 4 is 5.97 Å². The third-order valence-electron chi connectivity index (χ3n) is 3.54. The minimum Gasteiger partial charge on any atom is -0.457 e. The zero-order valence-corrected chi connectivity index (χ0v) is 9.74. The molecule has 0 N–H and O–H groups in total. The maximum atomic E-state index is 11.3. The van der Waals surface area contributed by atoms with Crippen molar-refractivity contribution < 1.29 is 9.53 Å². The summed E-state index contributed by atoms with van der Waals surface area (Å²) in [5.74, 6) is 0.670. The van der Waals surface area contributed by atoms with Crippen molar-refractivity contribution in [3.8, 4) is 0 Å². The van der Waals surface area contributed by atoms with Crippen LogP contribution in [0.4, 0.5) is 0 Å². The molecule has 1 fully saturated rings. The van der Waals surface area contributed by atoms with Crippen molar-refractivity contribution in [3.05, 3.63) is 36.5 Å².